The predicted octanol–water partition coefficient (Wildman–Crippen LogP) is -0.427. The minimum Gasteiger partial charge on any atom is -0.396 e. The quantitative estimate of drug-likeness (QED) is 0.497. The maximum Gasteiger partial charge on any atom is 0.0462 e. The third-order valence-electron chi connectivity index (χ3n) is 1.41. The van der Waals surface area contributed by atoms with E-state index in [9.17, 15) is 0 Å². The first-order valence-electron chi connectivity index (χ1n) is 3.04. The van der Waals surface area contributed by atoms with Crippen molar-refractivity contribution in [2.24, 2.45) is 17.5 Å². The molecule has 0 radical (unpaired) electrons. The third kappa shape index (κ3) is 0.924. The van der Waals surface area contributed by atoms with E-state index in [0.717, 1.165) is 6.42 Å². The summed E-state index contributed by atoms with van der Waals surface area (Å²) in [6, 6.07) is 0. The first-order valence-corrected chi connectivity index (χ1v) is 2.54. The molecule has 2 nitrogen and oxygen atoms in total. The minimum atomic E-state index is -0.464. The summed E-state index contributed by atoms with van der Waals surface area (Å²) in [6.07, 6.45) is 0.778. The van der Waals surface area contributed by atoms with Crippen LogP contribution < -0.4 is 5.73 Å². The number of aliphatic hydroxyl groups excluding tert-OH is 1. The van der Waals surface area contributed by atoms with Crippen LogP contribution in [0.15, 0.2) is 0 Å². The highest BCUT2D eigenvalue weighted by Crippen LogP contribution is 2.36. The summed E-state index contributed by atoms with van der Waals surface area (Å²) in [5.74, 6) is -0.304. The average Bonchev–Trinajstić information content (AvgIpc) is 2.44. The second-order valence-corrected chi connectivity index (χ2v) is 1.95. The summed E-state index contributed by atoms with van der Waals surface area (Å²) in [4.78, 5) is 0. The molecule has 0 amide bonds. The molecule has 0 aliphatic heterocycles. The lowest BCUT2D eigenvalue weighted by Crippen LogP contribution is -2.03. The van der Waals surface area contributed by atoms with Crippen LogP contribution in [0.3, 0.4) is 0 Å². The van der Waals surface area contributed by atoms with Crippen LogP contribution >= 0.6 is 0 Å². The zero-order valence-electron chi connectivity index (χ0n) is 5.22. The van der Waals surface area contributed by atoms with Crippen molar-refractivity contribution in [1.82, 2.24) is 0 Å². The summed E-state index contributed by atoms with van der Waals surface area (Å²) in [7, 11) is 0. The van der Waals surface area contributed by atoms with Crippen LogP contribution in [-0.4, -0.2) is 18.3 Å². The Morgan fingerprint density at radius 3 is 2.86 bits per heavy atom. The summed E-state index contributed by atoms with van der Waals surface area (Å²) >= 11 is 0. The van der Waals surface area contributed by atoms with Crippen molar-refractivity contribution in [3.8, 4) is 0 Å². The highest BCUT2D eigenvalue weighted by atomic mass is 16.3. The topological polar surface area (TPSA) is 46.2 Å². The van der Waals surface area contributed by atoms with E-state index in [0.29, 0.717) is 6.54 Å². The molecular formula is C5H11NO. The molecule has 0 aromatic rings. The Morgan fingerprint density at radius 2 is 2.71 bits per heavy atom. The molecule has 3 N–H and O–H groups in total. The number of hydrogen-bond donors (Lipinski definition) is 2. The van der Waals surface area contributed by atoms with Crippen LogP contribution in [0.1, 0.15) is 7.79 Å². The Morgan fingerprint density at radius 1 is 2.00 bits per heavy atom. The molecule has 2 heteroatoms. The van der Waals surface area contributed by atoms with Gasteiger partial charge in [0.05, 0.1) is 0 Å². The van der Waals surface area contributed by atoms with E-state index in [1.165, 1.54) is 0 Å². The van der Waals surface area contributed by atoms with E-state index in [1.807, 2.05) is 0 Å². The van der Waals surface area contributed by atoms with Crippen molar-refractivity contribution in [2.45, 2.75) is 6.42 Å². The van der Waals surface area contributed by atoms with Crippen LogP contribution in [0.2, 0.25) is 0 Å². The number of nitrogens with two attached hydrogens (primary N) is 1. The molecule has 2 atom stereocenters. The molecule has 1 saturated carbocycles. The van der Waals surface area contributed by atoms with Gasteiger partial charge in [-0.25, -0.2) is 0 Å². The maximum absolute atomic E-state index is 8.50. The highest BCUT2D eigenvalue weighted by Gasteiger charge is 2.34. The van der Waals surface area contributed by atoms with Crippen molar-refractivity contribution in [2.75, 3.05) is 13.2 Å². The zero-order chi connectivity index (χ0) is 6.20. The van der Waals surface area contributed by atoms with Crippen molar-refractivity contribution in [3.63, 3.8) is 0 Å². The fraction of sp³-hybridized carbons (Fsp3) is 1.00. The van der Waals surface area contributed by atoms with Gasteiger partial charge in [0.15, 0.2) is 0 Å². The Bertz CT molecular complexity index is 98.4. The lowest BCUT2D eigenvalue weighted by Gasteiger charge is -1.85. The van der Waals surface area contributed by atoms with Gasteiger partial charge in [-0.15, -0.1) is 0 Å². The SMILES string of the molecule is [2H]C1(CN)CC1CO. The van der Waals surface area contributed by atoms with Gasteiger partial charge in [-0.05, 0) is 24.8 Å². The number of aliphatic hydroxyl groups is 1. The van der Waals surface area contributed by atoms with Gasteiger partial charge < -0.3 is 10.8 Å². The van der Waals surface area contributed by atoms with Gasteiger partial charge in [0.2, 0.25) is 0 Å². The minimum absolute atomic E-state index is 0.126. The van der Waals surface area contributed by atoms with E-state index in [2.05, 4.69) is 0 Å². The molecule has 1 aliphatic rings. The fourth-order valence-corrected chi connectivity index (χ4v) is 0.701. The lowest BCUT2D eigenvalue weighted by atomic mass is 10.3. The third-order valence-corrected chi connectivity index (χ3v) is 1.41. The van der Waals surface area contributed by atoms with E-state index >= 15 is 0 Å². The van der Waals surface area contributed by atoms with Gasteiger partial charge >= 0.3 is 0 Å². The highest BCUT2D eigenvalue weighted by molar-refractivity contribution is 4.85. The van der Waals surface area contributed by atoms with E-state index < -0.39 is 5.89 Å². The van der Waals surface area contributed by atoms with Crippen LogP contribution in [-0.2, 0) is 0 Å². The van der Waals surface area contributed by atoms with Gasteiger partial charge in [0, 0.05) is 7.98 Å². The Kier molecular flexibility index (Phi) is 0.995. The predicted molar refractivity (Wildman–Crippen MR) is 27.7 cm³/mol. The number of rotatable bonds is 2. The van der Waals surface area contributed by atoms with Crippen LogP contribution in [0.25, 0.3) is 0 Å². The van der Waals surface area contributed by atoms with Gasteiger partial charge in [-0.3, -0.25) is 0 Å². The largest absolute Gasteiger partial charge is 0.396 e. The Labute approximate surface area is 44.7 Å². The van der Waals surface area contributed by atoms with Crippen LogP contribution in [0.4, 0.5) is 0 Å². The summed E-state index contributed by atoms with van der Waals surface area (Å²) in [5, 5.41) is 8.50. The zero-order valence-corrected chi connectivity index (χ0v) is 4.22. The molecular weight excluding hydrogens is 90.1 g/mol. The molecule has 0 spiro atoms. The molecule has 1 rings (SSSR count). The second-order valence-electron chi connectivity index (χ2n) is 1.95. The normalized spacial score (nSPS) is 51.1. The standard InChI is InChI=1S/C5H11NO/c6-2-4-1-5(4)3-7/h4-5,7H,1-3,6H2/i4D. The summed E-state index contributed by atoms with van der Waals surface area (Å²) < 4.78 is 7.36. The summed E-state index contributed by atoms with van der Waals surface area (Å²) in [6.45, 7) is 0.513. The molecule has 0 heterocycles. The van der Waals surface area contributed by atoms with Crippen molar-refractivity contribution < 1.29 is 6.48 Å². The molecule has 0 bridgehead atoms. The fourth-order valence-electron chi connectivity index (χ4n) is 0.701. The second kappa shape index (κ2) is 1.80. The molecule has 1 aliphatic carbocycles. The summed E-state index contributed by atoms with van der Waals surface area (Å²) in [5.41, 5.74) is 5.24. The first kappa shape index (κ1) is 3.87. The molecule has 2 unspecified atom stereocenters. The van der Waals surface area contributed by atoms with Gasteiger partial charge in [0.1, 0.15) is 0 Å². The van der Waals surface area contributed by atoms with Crippen molar-refractivity contribution in [1.29, 1.82) is 0 Å². The van der Waals surface area contributed by atoms with Crippen LogP contribution in [0.5, 0.6) is 0 Å². The molecule has 42 valence electrons. The van der Waals surface area contributed by atoms with E-state index in [4.69, 9.17) is 12.2 Å². The van der Waals surface area contributed by atoms with E-state index in [-0.39, 0.29) is 12.5 Å². The first-order chi connectivity index (χ1) is 3.73. The van der Waals surface area contributed by atoms with Crippen molar-refractivity contribution >= 4 is 0 Å². The number of hydrogen-bond acceptors (Lipinski definition) is 2. The molecule has 1 fully saturated rings. The molecule has 7 heavy (non-hydrogen) atoms. The smallest absolute Gasteiger partial charge is 0.0462 e. The van der Waals surface area contributed by atoms with Gasteiger partial charge in [-0.1, -0.05) is 0 Å². The van der Waals surface area contributed by atoms with E-state index in [1.54, 1.807) is 0 Å². The van der Waals surface area contributed by atoms with Gasteiger partial charge in [0.25, 0.3) is 0 Å². The lowest BCUT2D eigenvalue weighted by molar-refractivity contribution is 0.269. The molecule has 0 saturated heterocycles. The Hall–Kier alpha value is -0.0800. The molecule has 0 aromatic heterocycles. The molecule has 0 aromatic carbocycles. The maximum atomic E-state index is 8.50. The Balaban J connectivity index is 2.31. The van der Waals surface area contributed by atoms with Crippen LogP contribution in [0, 0.1) is 11.8 Å². The van der Waals surface area contributed by atoms with Crippen molar-refractivity contribution in [3.05, 3.63) is 0 Å². The average molecular weight is 102 g/mol. The monoisotopic (exact) mass is 102 g/mol. The van der Waals surface area contributed by atoms with Gasteiger partial charge in [-0.2, -0.15) is 0 Å².